The second-order valence-electron chi connectivity index (χ2n) is 3.33. The van der Waals surface area contributed by atoms with E-state index < -0.39 is 10.2 Å². The second-order valence-corrected chi connectivity index (χ2v) is 5.00. The summed E-state index contributed by atoms with van der Waals surface area (Å²) in [7, 11) is -2.06. The van der Waals surface area contributed by atoms with Crippen LogP contribution in [0.4, 0.5) is 5.82 Å². The molecule has 1 heterocycles. The van der Waals surface area contributed by atoms with Gasteiger partial charge < -0.3 is 0 Å². The van der Waals surface area contributed by atoms with E-state index in [1.54, 1.807) is 20.9 Å². The zero-order valence-corrected chi connectivity index (χ0v) is 10.8. The van der Waals surface area contributed by atoms with E-state index in [0.717, 1.165) is 0 Å². The summed E-state index contributed by atoms with van der Waals surface area (Å²) in [5.41, 5.74) is 0.197. The van der Waals surface area contributed by atoms with Crippen LogP contribution < -0.4 is 4.72 Å². The molecule has 1 rings (SSSR count). The van der Waals surface area contributed by atoms with Crippen molar-refractivity contribution in [1.82, 2.24) is 14.1 Å². The first-order chi connectivity index (χ1) is 7.96. The Balaban J connectivity index is 3.06. The second kappa shape index (κ2) is 5.16. The minimum absolute atomic E-state index is 0.180. The van der Waals surface area contributed by atoms with Crippen molar-refractivity contribution in [3.8, 4) is 6.07 Å². The first-order valence-corrected chi connectivity index (χ1v) is 6.60. The lowest BCUT2D eigenvalue weighted by Crippen LogP contribution is -2.36. The maximum Gasteiger partial charge on any atom is 0.302 e. The van der Waals surface area contributed by atoms with Crippen LogP contribution in [-0.2, 0) is 17.3 Å². The highest BCUT2D eigenvalue weighted by molar-refractivity contribution is 7.90. The number of aromatic nitrogens is 2. The fourth-order valence-corrected chi connectivity index (χ4v) is 2.69. The van der Waals surface area contributed by atoms with Crippen LogP contribution in [0.2, 0.25) is 0 Å². The van der Waals surface area contributed by atoms with Crippen LogP contribution in [0, 0.1) is 11.3 Å². The van der Waals surface area contributed by atoms with Crippen LogP contribution in [0.15, 0.2) is 6.20 Å². The van der Waals surface area contributed by atoms with E-state index in [0.29, 0.717) is 13.1 Å². The lowest BCUT2D eigenvalue weighted by molar-refractivity contribution is 0.449. The molecule has 0 aromatic carbocycles. The molecule has 0 spiro atoms. The fourth-order valence-electron chi connectivity index (χ4n) is 1.39. The van der Waals surface area contributed by atoms with Gasteiger partial charge in [0.05, 0.1) is 6.20 Å². The quantitative estimate of drug-likeness (QED) is 0.820. The van der Waals surface area contributed by atoms with Crippen LogP contribution in [0.1, 0.15) is 19.4 Å². The highest BCUT2D eigenvalue weighted by Gasteiger charge is 2.21. The minimum atomic E-state index is -3.63. The molecule has 94 valence electrons. The van der Waals surface area contributed by atoms with Gasteiger partial charge in [-0.3, -0.25) is 9.40 Å². The number of hydrogen-bond acceptors (Lipinski definition) is 4. The average Bonchev–Trinajstić information content (AvgIpc) is 2.61. The normalized spacial score (nSPS) is 11.5. The van der Waals surface area contributed by atoms with Crippen LogP contribution in [0.5, 0.6) is 0 Å². The van der Waals surface area contributed by atoms with Crippen molar-refractivity contribution < 1.29 is 8.42 Å². The fraction of sp³-hybridized carbons (Fsp3) is 0.556. The third-order valence-corrected chi connectivity index (χ3v) is 3.98. The van der Waals surface area contributed by atoms with Crippen molar-refractivity contribution in [2.24, 2.45) is 7.05 Å². The maximum absolute atomic E-state index is 11.9. The number of aryl methyl sites for hydroxylation is 1. The summed E-state index contributed by atoms with van der Waals surface area (Å²) in [5.74, 6) is 0.180. The first kappa shape index (κ1) is 13.5. The van der Waals surface area contributed by atoms with Crippen molar-refractivity contribution >= 4 is 16.0 Å². The molecule has 0 amide bonds. The van der Waals surface area contributed by atoms with E-state index in [1.807, 2.05) is 6.07 Å². The molecule has 0 aliphatic heterocycles. The maximum atomic E-state index is 11.9. The zero-order valence-electron chi connectivity index (χ0n) is 10.0. The summed E-state index contributed by atoms with van der Waals surface area (Å²) in [4.78, 5) is 0. The van der Waals surface area contributed by atoms with Gasteiger partial charge >= 0.3 is 10.2 Å². The molecule has 1 aromatic heterocycles. The Morgan fingerprint density at radius 1 is 1.53 bits per heavy atom. The number of hydrogen-bond donors (Lipinski definition) is 1. The molecule has 0 aliphatic carbocycles. The Kier molecular flexibility index (Phi) is 4.09. The Morgan fingerprint density at radius 2 is 2.12 bits per heavy atom. The van der Waals surface area contributed by atoms with Gasteiger partial charge in [0.25, 0.3) is 0 Å². The monoisotopic (exact) mass is 257 g/mol. The van der Waals surface area contributed by atoms with Gasteiger partial charge in [0.15, 0.2) is 5.82 Å². The summed E-state index contributed by atoms with van der Waals surface area (Å²) < 4.78 is 28.8. The highest BCUT2D eigenvalue weighted by Crippen LogP contribution is 2.15. The molecule has 0 saturated carbocycles. The lowest BCUT2D eigenvalue weighted by Gasteiger charge is -2.19. The average molecular weight is 257 g/mol. The first-order valence-electron chi connectivity index (χ1n) is 5.16. The molecule has 0 unspecified atom stereocenters. The van der Waals surface area contributed by atoms with E-state index >= 15 is 0 Å². The van der Waals surface area contributed by atoms with E-state index in [9.17, 15) is 8.42 Å². The van der Waals surface area contributed by atoms with Crippen molar-refractivity contribution in [1.29, 1.82) is 5.26 Å². The third kappa shape index (κ3) is 2.75. The van der Waals surface area contributed by atoms with Gasteiger partial charge in [-0.05, 0) is 0 Å². The summed E-state index contributed by atoms with van der Waals surface area (Å²) in [6.07, 6.45) is 1.32. The minimum Gasteiger partial charge on any atom is -0.254 e. The SMILES string of the molecule is CCN(CC)S(=O)(=O)Nc1c(C#N)cnn1C. The van der Waals surface area contributed by atoms with Crippen molar-refractivity contribution in [2.75, 3.05) is 17.8 Å². The third-order valence-electron chi connectivity index (χ3n) is 2.33. The summed E-state index contributed by atoms with van der Waals surface area (Å²) in [6.45, 7) is 4.23. The molecule has 0 radical (unpaired) electrons. The molecule has 0 atom stereocenters. The zero-order chi connectivity index (χ0) is 13.1. The Bertz CT molecular complexity index is 524. The van der Waals surface area contributed by atoms with Gasteiger partial charge in [-0.25, -0.2) is 0 Å². The van der Waals surface area contributed by atoms with Gasteiger partial charge in [0.1, 0.15) is 11.6 Å². The number of nitrogens with zero attached hydrogens (tertiary/aromatic N) is 4. The van der Waals surface area contributed by atoms with Gasteiger partial charge in [-0.2, -0.15) is 23.1 Å². The lowest BCUT2D eigenvalue weighted by atomic mass is 10.4. The van der Waals surface area contributed by atoms with Crippen molar-refractivity contribution in [3.63, 3.8) is 0 Å². The topological polar surface area (TPSA) is 91.0 Å². The Morgan fingerprint density at radius 3 is 2.59 bits per heavy atom. The van der Waals surface area contributed by atoms with Crippen LogP contribution in [0.25, 0.3) is 0 Å². The predicted octanol–water partition coefficient (Wildman–Crippen LogP) is 0.290. The molecule has 17 heavy (non-hydrogen) atoms. The molecule has 0 fully saturated rings. The van der Waals surface area contributed by atoms with Crippen molar-refractivity contribution in [2.45, 2.75) is 13.8 Å². The van der Waals surface area contributed by atoms with Gasteiger partial charge in [0.2, 0.25) is 0 Å². The van der Waals surface area contributed by atoms with Gasteiger partial charge in [0, 0.05) is 20.1 Å². The molecule has 8 heteroatoms. The predicted molar refractivity (Wildman–Crippen MR) is 63.4 cm³/mol. The van der Waals surface area contributed by atoms with E-state index in [2.05, 4.69) is 9.82 Å². The summed E-state index contributed by atoms with van der Waals surface area (Å²) >= 11 is 0. The summed E-state index contributed by atoms with van der Waals surface area (Å²) in [5, 5.41) is 12.7. The Labute approximate surface area is 101 Å². The van der Waals surface area contributed by atoms with Crippen LogP contribution in [0.3, 0.4) is 0 Å². The summed E-state index contributed by atoms with van der Waals surface area (Å²) in [6, 6.07) is 1.89. The molecular weight excluding hydrogens is 242 g/mol. The smallest absolute Gasteiger partial charge is 0.254 e. The van der Waals surface area contributed by atoms with Gasteiger partial charge in [-0.1, -0.05) is 13.8 Å². The van der Waals surface area contributed by atoms with Crippen LogP contribution in [-0.4, -0.2) is 35.6 Å². The molecule has 0 bridgehead atoms. The molecule has 0 aliphatic rings. The number of nitrogens with one attached hydrogen (secondary N) is 1. The van der Waals surface area contributed by atoms with Crippen molar-refractivity contribution in [3.05, 3.63) is 11.8 Å². The van der Waals surface area contributed by atoms with Gasteiger partial charge in [-0.15, -0.1) is 0 Å². The molecule has 1 aromatic rings. The molecule has 1 N–H and O–H groups in total. The molecular formula is C9H15N5O2S. The van der Waals surface area contributed by atoms with E-state index in [-0.39, 0.29) is 11.4 Å². The highest BCUT2D eigenvalue weighted by atomic mass is 32.2. The molecule has 0 saturated heterocycles. The number of anilines is 1. The molecule has 7 nitrogen and oxygen atoms in total. The van der Waals surface area contributed by atoms with E-state index in [1.165, 1.54) is 15.2 Å². The van der Waals surface area contributed by atoms with E-state index in [4.69, 9.17) is 5.26 Å². The van der Waals surface area contributed by atoms with Crippen LogP contribution >= 0.6 is 0 Å². The number of rotatable bonds is 5. The largest absolute Gasteiger partial charge is 0.302 e. The number of nitriles is 1. The Hall–Kier alpha value is -1.59. The standard InChI is InChI=1S/C9H15N5O2S/c1-4-14(5-2)17(15,16)12-9-8(6-10)7-11-13(9)3/h7,12H,4-5H2,1-3H3.